The summed E-state index contributed by atoms with van der Waals surface area (Å²) in [6, 6.07) is 13.5. The van der Waals surface area contributed by atoms with Crippen molar-refractivity contribution in [2.75, 3.05) is 24.6 Å². The van der Waals surface area contributed by atoms with Crippen LogP contribution in [0.3, 0.4) is 0 Å². The van der Waals surface area contributed by atoms with Crippen LogP contribution in [0.1, 0.15) is 35.2 Å². The van der Waals surface area contributed by atoms with Gasteiger partial charge in [-0.05, 0) is 59.7 Å². The minimum absolute atomic E-state index is 0.0352. The number of piperidine rings is 1. The van der Waals surface area contributed by atoms with E-state index in [0.29, 0.717) is 17.5 Å². The van der Waals surface area contributed by atoms with Crippen molar-refractivity contribution in [1.29, 1.82) is 0 Å². The van der Waals surface area contributed by atoms with Gasteiger partial charge in [0.15, 0.2) is 0 Å². The molecule has 1 aliphatic heterocycles. The lowest BCUT2D eigenvalue weighted by molar-refractivity contribution is 0.203. The van der Waals surface area contributed by atoms with Crippen molar-refractivity contribution >= 4 is 22.9 Å². The topological polar surface area (TPSA) is 58.4 Å². The van der Waals surface area contributed by atoms with Crippen LogP contribution >= 0.6 is 11.6 Å². The lowest BCUT2D eigenvalue weighted by atomic mass is 9.97. The molecule has 0 unspecified atom stereocenters. The SMILES string of the molecule is O=c1cc(C2=CCc3ncc(N4CCC(CO)CC4)cc32)ccn1Cc1cccc(Cl)c1. The fourth-order valence-corrected chi connectivity index (χ4v) is 4.86. The van der Waals surface area contributed by atoms with E-state index in [2.05, 4.69) is 17.0 Å². The average Bonchev–Trinajstić information content (AvgIpc) is 3.24. The number of halogens is 1. The van der Waals surface area contributed by atoms with E-state index in [-0.39, 0.29) is 12.2 Å². The molecule has 5 nitrogen and oxygen atoms in total. The predicted octanol–water partition coefficient (Wildman–Crippen LogP) is 4.14. The summed E-state index contributed by atoms with van der Waals surface area (Å²) >= 11 is 6.08. The Morgan fingerprint density at radius 1 is 1.12 bits per heavy atom. The van der Waals surface area contributed by atoms with Crippen molar-refractivity contribution in [3.8, 4) is 0 Å². The smallest absolute Gasteiger partial charge is 0.251 e. The van der Waals surface area contributed by atoms with Crippen LogP contribution in [0.4, 0.5) is 5.69 Å². The number of fused-ring (bicyclic) bond motifs is 1. The Labute approximate surface area is 192 Å². The number of pyridine rings is 2. The molecule has 1 aliphatic carbocycles. The van der Waals surface area contributed by atoms with E-state index in [1.165, 1.54) is 0 Å². The van der Waals surface area contributed by atoms with Gasteiger partial charge in [0.1, 0.15) is 0 Å². The Kier molecular flexibility index (Phi) is 5.85. The highest BCUT2D eigenvalue weighted by Crippen LogP contribution is 2.34. The second-order valence-corrected chi connectivity index (χ2v) is 9.07. The number of aliphatic hydroxyl groups excluding tert-OH is 1. The van der Waals surface area contributed by atoms with Gasteiger partial charge in [-0.3, -0.25) is 9.78 Å². The van der Waals surface area contributed by atoms with Crippen molar-refractivity contribution in [3.05, 3.63) is 98.7 Å². The highest BCUT2D eigenvalue weighted by molar-refractivity contribution is 6.30. The van der Waals surface area contributed by atoms with Gasteiger partial charge in [-0.1, -0.05) is 29.8 Å². The standard InChI is InChI=1S/C26H26ClN3O2/c27-21-3-1-2-19(12-21)16-30-11-8-20(13-26(30)32)23-4-5-25-24(23)14-22(15-28-25)29-9-6-18(17-31)7-10-29/h1-4,8,11-15,18,31H,5-7,9-10,16-17H2. The number of hydrogen-bond donors (Lipinski definition) is 1. The first-order valence-corrected chi connectivity index (χ1v) is 11.5. The zero-order chi connectivity index (χ0) is 22.1. The van der Waals surface area contributed by atoms with E-state index in [4.69, 9.17) is 16.6 Å². The van der Waals surface area contributed by atoms with Crippen LogP contribution in [0.25, 0.3) is 5.57 Å². The van der Waals surface area contributed by atoms with E-state index in [1.807, 2.05) is 42.7 Å². The van der Waals surface area contributed by atoms with Gasteiger partial charge in [-0.2, -0.15) is 0 Å². The molecule has 1 aromatic carbocycles. The molecule has 6 heteroatoms. The van der Waals surface area contributed by atoms with Gasteiger partial charge in [0.25, 0.3) is 5.56 Å². The second kappa shape index (κ2) is 8.93. The quantitative estimate of drug-likeness (QED) is 0.638. The minimum atomic E-state index is -0.0352. The fourth-order valence-electron chi connectivity index (χ4n) is 4.64. The first kappa shape index (κ1) is 21.0. The highest BCUT2D eigenvalue weighted by Gasteiger charge is 2.22. The lowest BCUT2D eigenvalue weighted by Gasteiger charge is -2.33. The Morgan fingerprint density at radius 3 is 2.72 bits per heavy atom. The van der Waals surface area contributed by atoms with E-state index < -0.39 is 0 Å². The molecule has 164 valence electrons. The van der Waals surface area contributed by atoms with Crippen LogP contribution in [-0.2, 0) is 13.0 Å². The summed E-state index contributed by atoms with van der Waals surface area (Å²) in [4.78, 5) is 19.9. The molecule has 0 spiro atoms. The molecule has 0 atom stereocenters. The summed E-state index contributed by atoms with van der Waals surface area (Å²) in [6.45, 7) is 2.63. The second-order valence-electron chi connectivity index (χ2n) is 8.63. The Balaban J connectivity index is 1.38. The number of allylic oxidation sites excluding steroid dienone is 1. The van der Waals surface area contributed by atoms with Gasteiger partial charge in [-0.15, -0.1) is 0 Å². The lowest BCUT2D eigenvalue weighted by Crippen LogP contribution is -2.34. The zero-order valence-corrected chi connectivity index (χ0v) is 18.6. The van der Waals surface area contributed by atoms with Gasteiger partial charge in [0.05, 0.1) is 24.1 Å². The van der Waals surface area contributed by atoms with Crippen molar-refractivity contribution < 1.29 is 5.11 Å². The third kappa shape index (κ3) is 4.23. The van der Waals surface area contributed by atoms with Crippen LogP contribution in [0, 0.1) is 5.92 Å². The molecule has 0 bridgehead atoms. The molecule has 3 aromatic rings. The Bertz CT molecular complexity index is 1230. The fraction of sp³-hybridized carbons (Fsp3) is 0.308. The summed E-state index contributed by atoms with van der Waals surface area (Å²) in [5.41, 5.74) is 6.24. The van der Waals surface area contributed by atoms with Gasteiger partial charge in [0, 0.05) is 49.0 Å². The molecule has 2 aliphatic rings. The van der Waals surface area contributed by atoms with Crippen LogP contribution in [0.2, 0.25) is 5.02 Å². The maximum Gasteiger partial charge on any atom is 0.251 e. The molecule has 1 fully saturated rings. The predicted molar refractivity (Wildman–Crippen MR) is 128 cm³/mol. The monoisotopic (exact) mass is 447 g/mol. The Morgan fingerprint density at radius 2 is 1.97 bits per heavy atom. The summed E-state index contributed by atoms with van der Waals surface area (Å²) in [5.74, 6) is 0.405. The third-order valence-electron chi connectivity index (χ3n) is 6.53. The summed E-state index contributed by atoms with van der Waals surface area (Å²) in [5, 5.41) is 10.1. The molecule has 2 aromatic heterocycles. The van der Waals surface area contributed by atoms with E-state index >= 15 is 0 Å². The van der Waals surface area contributed by atoms with Gasteiger partial charge in [-0.25, -0.2) is 0 Å². The largest absolute Gasteiger partial charge is 0.396 e. The number of aliphatic hydroxyl groups is 1. The minimum Gasteiger partial charge on any atom is -0.396 e. The number of benzene rings is 1. The molecule has 1 N–H and O–H groups in total. The van der Waals surface area contributed by atoms with E-state index in [0.717, 1.165) is 66.0 Å². The number of nitrogens with zero attached hydrogens (tertiary/aromatic N) is 3. The molecule has 1 saturated heterocycles. The average molecular weight is 448 g/mol. The molecule has 32 heavy (non-hydrogen) atoms. The third-order valence-corrected chi connectivity index (χ3v) is 6.77. The maximum absolute atomic E-state index is 12.8. The first-order valence-electron chi connectivity index (χ1n) is 11.1. The molecule has 5 rings (SSSR count). The van der Waals surface area contributed by atoms with Crippen molar-refractivity contribution in [2.45, 2.75) is 25.8 Å². The van der Waals surface area contributed by atoms with Crippen LogP contribution in [-0.4, -0.2) is 34.4 Å². The summed E-state index contributed by atoms with van der Waals surface area (Å²) in [7, 11) is 0. The van der Waals surface area contributed by atoms with Crippen molar-refractivity contribution in [3.63, 3.8) is 0 Å². The van der Waals surface area contributed by atoms with Crippen LogP contribution < -0.4 is 10.5 Å². The number of anilines is 1. The molecule has 0 saturated carbocycles. The Hall–Kier alpha value is -2.89. The number of hydrogen-bond acceptors (Lipinski definition) is 4. The van der Waals surface area contributed by atoms with Gasteiger partial charge in [0.2, 0.25) is 0 Å². The normalized spacial score (nSPS) is 16.2. The van der Waals surface area contributed by atoms with E-state index in [9.17, 15) is 9.90 Å². The van der Waals surface area contributed by atoms with Crippen molar-refractivity contribution in [1.82, 2.24) is 9.55 Å². The molecular formula is C26H26ClN3O2. The number of rotatable bonds is 5. The summed E-state index contributed by atoms with van der Waals surface area (Å²) in [6.07, 6.45) is 8.76. The zero-order valence-electron chi connectivity index (χ0n) is 17.9. The molecular weight excluding hydrogens is 422 g/mol. The van der Waals surface area contributed by atoms with Crippen molar-refractivity contribution in [2.24, 2.45) is 5.92 Å². The van der Waals surface area contributed by atoms with Crippen LogP contribution in [0.15, 0.2) is 65.7 Å². The first-order chi connectivity index (χ1) is 15.6. The van der Waals surface area contributed by atoms with Crippen LogP contribution in [0.5, 0.6) is 0 Å². The van der Waals surface area contributed by atoms with Gasteiger partial charge < -0.3 is 14.6 Å². The van der Waals surface area contributed by atoms with E-state index in [1.54, 1.807) is 10.6 Å². The molecule has 0 radical (unpaired) electrons. The molecule has 0 amide bonds. The number of aromatic nitrogens is 2. The molecule has 3 heterocycles. The highest BCUT2D eigenvalue weighted by atomic mass is 35.5. The summed E-state index contributed by atoms with van der Waals surface area (Å²) < 4.78 is 1.70. The van der Waals surface area contributed by atoms with Gasteiger partial charge >= 0.3 is 0 Å². The maximum atomic E-state index is 12.8.